The molecule has 334 valence electrons. The lowest BCUT2D eigenvalue weighted by molar-refractivity contribution is -0.146. The molecule has 1 aromatic carbocycles. The minimum Gasteiger partial charge on any atom is -0.491 e. The van der Waals surface area contributed by atoms with Crippen molar-refractivity contribution in [3.8, 4) is 5.75 Å². The molecule has 0 aromatic heterocycles. The van der Waals surface area contributed by atoms with E-state index in [1.54, 1.807) is 0 Å². The molecule has 0 N–H and O–H groups in total. The number of hydrogen-bond acceptors (Lipinski definition) is 15. The lowest BCUT2D eigenvalue weighted by Crippen LogP contribution is -2.16. The number of rotatable bonds is 47. The number of unbranched alkanes of at least 4 members (excludes halogenated alkanes) is 6. The molecule has 0 amide bonds. The summed E-state index contributed by atoms with van der Waals surface area (Å²) in [6.07, 6.45) is 10.5. The number of ether oxygens (including phenoxy) is 14. The SMILES string of the molecule is CCCCCCCCCc1ccc(OCCOCCOCCOCCOCCOCCOCCOCCOCCOCCOCCOCCOCC(=O)OC)cc1. The Morgan fingerprint density at radius 2 is 0.684 bits per heavy atom. The third-order valence-electron chi connectivity index (χ3n) is 8.03. The van der Waals surface area contributed by atoms with E-state index in [1.165, 1.54) is 57.6 Å². The van der Waals surface area contributed by atoms with Gasteiger partial charge in [0.15, 0.2) is 0 Å². The van der Waals surface area contributed by atoms with Crippen molar-refractivity contribution in [1.29, 1.82) is 0 Å². The molecule has 0 saturated heterocycles. The highest BCUT2D eigenvalue weighted by molar-refractivity contribution is 5.70. The van der Waals surface area contributed by atoms with Crippen LogP contribution in [0.3, 0.4) is 0 Å². The average molecular weight is 821 g/mol. The Hall–Kier alpha value is -1.99. The highest BCUT2D eigenvalue weighted by atomic mass is 16.6. The summed E-state index contributed by atoms with van der Waals surface area (Å²) in [5.41, 5.74) is 1.38. The van der Waals surface area contributed by atoms with Crippen LogP contribution in [0, 0.1) is 0 Å². The molecule has 0 aliphatic carbocycles. The normalized spacial score (nSPS) is 11.4. The summed E-state index contributed by atoms with van der Waals surface area (Å²) in [6.45, 7) is 13.8. The Labute approximate surface area is 342 Å². The molecule has 57 heavy (non-hydrogen) atoms. The molecule has 1 rings (SSSR count). The third-order valence-corrected chi connectivity index (χ3v) is 8.03. The number of benzene rings is 1. The Bertz CT molecular complexity index is 941. The van der Waals surface area contributed by atoms with Crippen molar-refractivity contribution in [3.63, 3.8) is 0 Å². The van der Waals surface area contributed by atoms with Crippen LogP contribution in [0.1, 0.15) is 57.4 Å². The lowest BCUT2D eigenvalue weighted by Gasteiger charge is -2.09. The first kappa shape index (κ1) is 53.0. The van der Waals surface area contributed by atoms with Gasteiger partial charge in [-0.05, 0) is 30.5 Å². The topological polar surface area (TPSA) is 146 Å². The Kier molecular flexibility index (Phi) is 42.0. The first-order valence-electron chi connectivity index (χ1n) is 21.0. The number of carbonyl (C=O) groups excluding carboxylic acids is 1. The fraction of sp³-hybridized carbons (Fsp3) is 0.833. The number of methoxy groups -OCH3 is 1. The molecule has 1 aromatic rings. The van der Waals surface area contributed by atoms with Crippen molar-refractivity contribution >= 4 is 5.97 Å². The van der Waals surface area contributed by atoms with Crippen molar-refractivity contribution in [2.24, 2.45) is 0 Å². The summed E-state index contributed by atoms with van der Waals surface area (Å²) in [7, 11) is 1.32. The van der Waals surface area contributed by atoms with Crippen LogP contribution < -0.4 is 4.74 Å². The molecular weight excluding hydrogens is 744 g/mol. The summed E-state index contributed by atoms with van der Waals surface area (Å²) in [4.78, 5) is 10.9. The standard InChI is InChI=1S/C42H76O15/c1-3-4-5-6-7-8-9-10-40-11-13-41(14-12-40)57-38-37-55-34-33-53-30-29-51-26-25-49-22-21-47-18-17-45-15-16-46-19-20-48-23-24-50-27-28-52-31-32-54-35-36-56-39-42(43)44-2/h11-14H,3-10,15-39H2,1-2H3. The van der Waals surface area contributed by atoms with Gasteiger partial charge >= 0.3 is 5.97 Å². The van der Waals surface area contributed by atoms with E-state index in [2.05, 4.69) is 35.9 Å². The zero-order valence-corrected chi connectivity index (χ0v) is 35.3. The molecule has 0 aliphatic rings. The van der Waals surface area contributed by atoms with Crippen LogP contribution in [0.4, 0.5) is 0 Å². The average Bonchev–Trinajstić information content (AvgIpc) is 3.23. The monoisotopic (exact) mass is 821 g/mol. The van der Waals surface area contributed by atoms with Gasteiger partial charge in [0.2, 0.25) is 0 Å². The van der Waals surface area contributed by atoms with E-state index in [0.29, 0.717) is 159 Å². The quantitative estimate of drug-likeness (QED) is 0.0659. The van der Waals surface area contributed by atoms with E-state index in [-0.39, 0.29) is 6.61 Å². The zero-order chi connectivity index (χ0) is 40.8. The third kappa shape index (κ3) is 40.6. The van der Waals surface area contributed by atoms with Crippen LogP contribution in [-0.4, -0.2) is 178 Å². The molecule has 0 atom stereocenters. The summed E-state index contributed by atoms with van der Waals surface area (Å²) in [6, 6.07) is 8.44. The molecular formula is C42H76O15. The second-order valence-corrected chi connectivity index (χ2v) is 12.7. The Morgan fingerprint density at radius 1 is 0.386 bits per heavy atom. The Morgan fingerprint density at radius 3 is 1.02 bits per heavy atom. The van der Waals surface area contributed by atoms with Gasteiger partial charge in [-0.2, -0.15) is 0 Å². The van der Waals surface area contributed by atoms with Gasteiger partial charge in [-0.25, -0.2) is 4.79 Å². The van der Waals surface area contributed by atoms with E-state index in [1.807, 2.05) is 0 Å². The van der Waals surface area contributed by atoms with Gasteiger partial charge in [0.05, 0.1) is 159 Å². The Balaban J connectivity index is 1.67. The smallest absolute Gasteiger partial charge is 0.331 e. The number of carbonyl (C=O) groups is 1. The minimum atomic E-state index is -0.408. The molecule has 0 spiro atoms. The van der Waals surface area contributed by atoms with Gasteiger partial charge in [0, 0.05) is 0 Å². The predicted molar refractivity (Wildman–Crippen MR) is 215 cm³/mol. The first-order chi connectivity index (χ1) is 28.3. The van der Waals surface area contributed by atoms with Gasteiger partial charge < -0.3 is 66.3 Å². The molecule has 0 radical (unpaired) electrons. The van der Waals surface area contributed by atoms with Crippen molar-refractivity contribution in [3.05, 3.63) is 29.8 Å². The summed E-state index contributed by atoms with van der Waals surface area (Å²) in [5, 5.41) is 0. The molecule has 0 unspecified atom stereocenters. The first-order valence-corrected chi connectivity index (χ1v) is 21.0. The fourth-order valence-corrected chi connectivity index (χ4v) is 4.89. The van der Waals surface area contributed by atoms with E-state index < -0.39 is 5.97 Å². The highest BCUT2D eigenvalue weighted by Crippen LogP contribution is 2.15. The highest BCUT2D eigenvalue weighted by Gasteiger charge is 2.01. The van der Waals surface area contributed by atoms with E-state index in [9.17, 15) is 4.79 Å². The van der Waals surface area contributed by atoms with Crippen LogP contribution in [0.25, 0.3) is 0 Å². The molecule has 0 saturated carbocycles. The van der Waals surface area contributed by atoms with Crippen LogP contribution in [0.2, 0.25) is 0 Å². The maximum Gasteiger partial charge on any atom is 0.331 e. The largest absolute Gasteiger partial charge is 0.491 e. The van der Waals surface area contributed by atoms with Gasteiger partial charge in [-0.15, -0.1) is 0 Å². The van der Waals surface area contributed by atoms with Crippen LogP contribution in [0.15, 0.2) is 24.3 Å². The molecule has 15 nitrogen and oxygen atoms in total. The summed E-state index contributed by atoms with van der Waals surface area (Å²) >= 11 is 0. The number of aryl methyl sites for hydroxylation is 1. The molecule has 0 aliphatic heterocycles. The second kappa shape index (κ2) is 45.1. The minimum absolute atomic E-state index is 0.0719. The van der Waals surface area contributed by atoms with E-state index in [0.717, 1.165) is 12.2 Å². The molecule has 0 heterocycles. The molecule has 0 fully saturated rings. The fourth-order valence-electron chi connectivity index (χ4n) is 4.89. The van der Waals surface area contributed by atoms with Crippen molar-refractivity contribution in [2.45, 2.75) is 58.3 Å². The van der Waals surface area contributed by atoms with E-state index in [4.69, 9.17) is 61.6 Å². The van der Waals surface area contributed by atoms with Crippen molar-refractivity contribution < 1.29 is 71.1 Å². The van der Waals surface area contributed by atoms with Crippen LogP contribution in [-0.2, 0) is 72.8 Å². The van der Waals surface area contributed by atoms with Gasteiger partial charge in [0.25, 0.3) is 0 Å². The van der Waals surface area contributed by atoms with Gasteiger partial charge in [-0.1, -0.05) is 57.6 Å². The zero-order valence-electron chi connectivity index (χ0n) is 35.3. The number of esters is 1. The molecule has 0 bridgehead atoms. The predicted octanol–water partition coefficient (Wildman–Crippen LogP) is 4.73. The van der Waals surface area contributed by atoms with Crippen molar-refractivity contribution in [2.75, 3.05) is 172 Å². The lowest BCUT2D eigenvalue weighted by atomic mass is 10.0. The molecule has 15 heteroatoms. The van der Waals surface area contributed by atoms with Crippen molar-refractivity contribution in [1.82, 2.24) is 0 Å². The summed E-state index contributed by atoms with van der Waals surface area (Å²) in [5.74, 6) is 0.474. The second-order valence-electron chi connectivity index (χ2n) is 12.7. The van der Waals surface area contributed by atoms with Gasteiger partial charge in [0.1, 0.15) is 19.0 Å². The maximum atomic E-state index is 10.9. The van der Waals surface area contributed by atoms with Crippen LogP contribution in [0.5, 0.6) is 5.75 Å². The summed E-state index contributed by atoms with van der Waals surface area (Å²) < 4.78 is 75.7. The van der Waals surface area contributed by atoms with Crippen LogP contribution >= 0.6 is 0 Å². The van der Waals surface area contributed by atoms with Gasteiger partial charge in [-0.3, -0.25) is 0 Å². The number of hydrogen-bond donors (Lipinski definition) is 0. The van der Waals surface area contributed by atoms with E-state index >= 15 is 0 Å². The maximum absolute atomic E-state index is 10.9.